The van der Waals surface area contributed by atoms with Crippen LogP contribution in [0.15, 0.2) is 97.1 Å². The van der Waals surface area contributed by atoms with E-state index in [0.29, 0.717) is 28.7 Å². The number of carboxylic acid groups (broad SMARTS) is 2. The molecule has 0 spiro atoms. The molecule has 0 saturated carbocycles. The molecule has 1 atom stereocenters. The van der Waals surface area contributed by atoms with Crippen LogP contribution in [0.1, 0.15) is 111 Å². The van der Waals surface area contributed by atoms with Crippen molar-refractivity contribution in [3.63, 3.8) is 0 Å². The number of aromatic carboxylic acids is 2. The van der Waals surface area contributed by atoms with Crippen molar-refractivity contribution in [2.75, 3.05) is 13.2 Å². The number of ether oxygens (including phenoxy) is 2. The van der Waals surface area contributed by atoms with E-state index in [1.165, 1.54) is 38.1 Å². The zero-order chi connectivity index (χ0) is 39.0. The molecule has 0 aliphatic heterocycles. The van der Waals surface area contributed by atoms with Gasteiger partial charge < -0.3 is 29.9 Å². The van der Waals surface area contributed by atoms with Gasteiger partial charge in [0.15, 0.2) is 23.6 Å². The van der Waals surface area contributed by atoms with Gasteiger partial charge in [-0.25, -0.2) is 14.4 Å². The summed E-state index contributed by atoms with van der Waals surface area (Å²) < 4.78 is 10.8. The maximum atomic E-state index is 13.6. The summed E-state index contributed by atoms with van der Waals surface area (Å²) in [4.78, 5) is 74.9. The van der Waals surface area contributed by atoms with E-state index in [-0.39, 0.29) is 47.7 Å². The lowest BCUT2D eigenvalue weighted by Crippen LogP contribution is -2.31. The Morgan fingerprint density at radius 1 is 0.679 bits per heavy atom. The minimum Gasteiger partial charge on any atom is -0.478 e. The summed E-state index contributed by atoms with van der Waals surface area (Å²) in [6.45, 7) is 7.82. The molecule has 0 saturated heterocycles. The van der Waals surface area contributed by atoms with E-state index >= 15 is 0 Å². The highest BCUT2D eigenvalue weighted by Gasteiger charge is 2.26. The summed E-state index contributed by atoms with van der Waals surface area (Å²) in [7, 11) is 0. The number of hydrogen-bond acceptors (Lipinski definition) is 10. The molecule has 0 fully saturated rings. The number of benzene rings is 4. The Kier molecular flexibility index (Phi) is 12.7. The predicted octanol–water partition coefficient (Wildman–Crippen LogP) is 5.68. The Morgan fingerprint density at radius 3 is 1.70 bits per heavy atom. The molecular formula is C41H38O12. The van der Waals surface area contributed by atoms with Gasteiger partial charge in [-0.15, -0.1) is 0 Å². The fraction of sp³-hybridized carbons (Fsp3) is 0.220. The summed E-state index contributed by atoms with van der Waals surface area (Å²) in [6, 6.07) is 19.9. The smallest absolute Gasteiger partial charge is 0.339 e. The van der Waals surface area contributed by atoms with Gasteiger partial charge in [0.1, 0.15) is 5.60 Å². The van der Waals surface area contributed by atoms with Crippen molar-refractivity contribution < 1.29 is 58.7 Å². The number of ketones is 3. The topological polar surface area (TPSA) is 202 Å². The maximum Gasteiger partial charge on any atom is 0.339 e. The summed E-state index contributed by atoms with van der Waals surface area (Å²) in [5.74, 6) is -5.17. The molecule has 0 amide bonds. The van der Waals surface area contributed by atoms with Gasteiger partial charge in [0, 0.05) is 34.2 Å². The molecule has 4 N–H and O–H groups in total. The molecule has 274 valence electrons. The van der Waals surface area contributed by atoms with E-state index in [2.05, 4.69) is 6.58 Å². The average Bonchev–Trinajstić information content (AvgIpc) is 3.13. The summed E-state index contributed by atoms with van der Waals surface area (Å²) in [6.07, 6.45) is -1.21. The number of carboxylic acids is 2. The lowest BCUT2D eigenvalue weighted by Gasteiger charge is -2.16. The van der Waals surface area contributed by atoms with Gasteiger partial charge in [-0.3, -0.25) is 14.4 Å². The first-order valence-corrected chi connectivity index (χ1v) is 16.4. The first-order valence-electron chi connectivity index (χ1n) is 16.4. The number of aliphatic hydroxyl groups is 2. The number of aliphatic hydroxyl groups excluding tert-OH is 1. The molecule has 0 aromatic heterocycles. The molecule has 4 aromatic rings. The summed E-state index contributed by atoms with van der Waals surface area (Å²) >= 11 is 0. The van der Waals surface area contributed by atoms with Gasteiger partial charge >= 0.3 is 17.9 Å². The minimum absolute atomic E-state index is 0.0403. The number of allylic oxidation sites excluding steroid dienone is 1. The molecule has 0 radical (unpaired) electrons. The Bertz CT molecular complexity index is 2070. The SMILES string of the molecule is C=C(C)C(=O)c1ccc(CCOC(O)c2cc(C(=O)c3ccc(C(=O)O)c(C(=O)OCCc4ccc(C(=O)C(C)(C)O)cc4)c3)ccc2C(=O)O)cc1. The fourth-order valence-corrected chi connectivity index (χ4v) is 5.27. The molecule has 4 aromatic carbocycles. The molecule has 0 heterocycles. The van der Waals surface area contributed by atoms with Crippen LogP contribution in [0.4, 0.5) is 0 Å². The van der Waals surface area contributed by atoms with Gasteiger partial charge in [0.2, 0.25) is 0 Å². The molecule has 4 rings (SSSR count). The van der Waals surface area contributed by atoms with Crippen molar-refractivity contribution in [3.8, 4) is 0 Å². The number of hydrogen-bond donors (Lipinski definition) is 4. The second-order valence-electron chi connectivity index (χ2n) is 12.8. The lowest BCUT2D eigenvalue weighted by atomic mass is 9.95. The number of carbonyl (C=O) groups excluding carboxylic acids is 4. The Labute approximate surface area is 304 Å². The maximum absolute atomic E-state index is 13.6. The number of Topliss-reactive ketones (excluding diaryl/α,β-unsaturated/α-hetero) is 2. The monoisotopic (exact) mass is 722 g/mol. The normalized spacial score (nSPS) is 11.7. The van der Waals surface area contributed by atoms with E-state index in [1.54, 1.807) is 43.3 Å². The zero-order valence-electron chi connectivity index (χ0n) is 29.3. The predicted molar refractivity (Wildman–Crippen MR) is 191 cm³/mol. The number of carbonyl (C=O) groups is 6. The average molecular weight is 723 g/mol. The first-order chi connectivity index (χ1) is 25.0. The summed E-state index contributed by atoms with van der Waals surface area (Å²) in [5.41, 5.74) is -0.391. The highest BCUT2D eigenvalue weighted by atomic mass is 16.6. The third-order valence-corrected chi connectivity index (χ3v) is 8.21. The van der Waals surface area contributed by atoms with Crippen molar-refractivity contribution in [3.05, 3.63) is 153 Å². The molecule has 12 heteroatoms. The third-order valence-electron chi connectivity index (χ3n) is 8.21. The molecule has 53 heavy (non-hydrogen) atoms. The largest absolute Gasteiger partial charge is 0.478 e. The van der Waals surface area contributed by atoms with Crippen LogP contribution < -0.4 is 0 Å². The van der Waals surface area contributed by atoms with Gasteiger partial charge in [-0.1, -0.05) is 67.2 Å². The number of rotatable bonds is 17. The lowest BCUT2D eigenvalue weighted by molar-refractivity contribution is -0.102. The molecule has 1 unspecified atom stereocenters. The standard InChI is InChI=1S/C41H38O12/c1-23(2)34(42)26-9-5-24(6-10-26)17-19-52-39(49)32-21-28(13-15-30(32)37(45)46)35(43)29-14-16-31(38(47)48)33(22-29)40(50)53-20-18-25-7-11-27(12-8-25)36(44)41(3,4)51/h5-16,21-22,39,49,51H,1,17-20H2,2-4H3,(H,45,46)(H,47,48). The van der Waals surface area contributed by atoms with Gasteiger partial charge in [-0.2, -0.15) is 0 Å². The van der Waals surface area contributed by atoms with Crippen LogP contribution in [-0.2, 0) is 22.3 Å². The molecule has 0 aliphatic rings. The quantitative estimate of drug-likeness (QED) is 0.0451. The van der Waals surface area contributed by atoms with Crippen LogP contribution in [-0.4, -0.2) is 74.5 Å². The van der Waals surface area contributed by atoms with Crippen molar-refractivity contribution in [2.24, 2.45) is 0 Å². The van der Waals surface area contributed by atoms with Crippen LogP contribution in [0.2, 0.25) is 0 Å². The second kappa shape index (κ2) is 17.0. The minimum atomic E-state index is -1.74. The Hall–Kier alpha value is -6.08. The van der Waals surface area contributed by atoms with Crippen LogP contribution in [0.5, 0.6) is 0 Å². The van der Waals surface area contributed by atoms with E-state index in [9.17, 15) is 49.2 Å². The second-order valence-corrected chi connectivity index (χ2v) is 12.8. The van der Waals surface area contributed by atoms with E-state index < -0.39 is 52.5 Å². The van der Waals surface area contributed by atoms with E-state index in [4.69, 9.17) is 9.47 Å². The Balaban J connectivity index is 1.47. The van der Waals surface area contributed by atoms with Crippen molar-refractivity contribution in [1.82, 2.24) is 0 Å². The summed E-state index contributed by atoms with van der Waals surface area (Å²) in [5, 5.41) is 40.2. The number of esters is 1. The van der Waals surface area contributed by atoms with Crippen molar-refractivity contribution >= 4 is 35.3 Å². The highest BCUT2D eigenvalue weighted by molar-refractivity contribution is 6.12. The van der Waals surface area contributed by atoms with Crippen molar-refractivity contribution in [2.45, 2.75) is 45.5 Å². The molecule has 12 nitrogen and oxygen atoms in total. The van der Waals surface area contributed by atoms with Crippen LogP contribution in [0.25, 0.3) is 0 Å². The Morgan fingerprint density at radius 2 is 1.17 bits per heavy atom. The first kappa shape index (κ1) is 39.7. The van der Waals surface area contributed by atoms with Crippen LogP contribution >= 0.6 is 0 Å². The van der Waals surface area contributed by atoms with E-state index in [1.807, 2.05) is 0 Å². The third kappa shape index (κ3) is 10.0. The molecule has 0 aliphatic carbocycles. The van der Waals surface area contributed by atoms with Gasteiger partial charge in [0.05, 0.1) is 29.9 Å². The van der Waals surface area contributed by atoms with Crippen molar-refractivity contribution in [1.29, 1.82) is 0 Å². The van der Waals surface area contributed by atoms with Gasteiger partial charge in [0.25, 0.3) is 0 Å². The van der Waals surface area contributed by atoms with Crippen LogP contribution in [0, 0.1) is 0 Å². The zero-order valence-corrected chi connectivity index (χ0v) is 29.3. The highest BCUT2D eigenvalue weighted by Crippen LogP contribution is 2.25. The van der Waals surface area contributed by atoms with Crippen LogP contribution in [0.3, 0.4) is 0 Å². The fourth-order valence-electron chi connectivity index (χ4n) is 5.27. The molecular weight excluding hydrogens is 684 g/mol. The van der Waals surface area contributed by atoms with E-state index in [0.717, 1.165) is 29.8 Å². The van der Waals surface area contributed by atoms with Gasteiger partial charge in [-0.05, 0) is 68.2 Å². The molecule has 0 bridgehead atoms.